The molecule has 0 spiro atoms. The summed E-state index contributed by atoms with van der Waals surface area (Å²) in [7, 11) is 1.57. The van der Waals surface area contributed by atoms with Crippen LogP contribution < -0.4 is 11.1 Å². The van der Waals surface area contributed by atoms with Crippen LogP contribution in [0.5, 0.6) is 0 Å². The smallest absolute Gasteiger partial charge is 0.257 e. The summed E-state index contributed by atoms with van der Waals surface area (Å²) in [6, 6.07) is 17.2. The first-order chi connectivity index (χ1) is 12.1. The largest absolute Gasteiger partial charge is 0.398 e. The molecular weight excluding hydrogens is 314 g/mol. The summed E-state index contributed by atoms with van der Waals surface area (Å²) in [6.07, 6.45) is 1.65. The molecule has 0 aliphatic carbocycles. The quantitative estimate of drug-likeness (QED) is 0.766. The Labute approximate surface area is 146 Å². The van der Waals surface area contributed by atoms with Gasteiger partial charge < -0.3 is 15.6 Å². The molecule has 1 heterocycles. The highest BCUT2D eigenvalue weighted by Gasteiger charge is 2.22. The Morgan fingerprint density at radius 3 is 2.48 bits per heavy atom. The first-order valence-corrected chi connectivity index (χ1v) is 7.92. The summed E-state index contributed by atoms with van der Waals surface area (Å²) < 4.78 is 5.44. The van der Waals surface area contributed by atoms with Crippen LogP contribution in [0.4, 0.5) is 0 Å². The molecule has 1 amide bonds. The van der Waals surface area contributed by atoms with Crippen LogP contribution in [0.1, 0.15) is 27.2 Å². The highest BCUT2D eigenvalue weighted by molar-refractivity contribution is 6.03. The van der Waals surface area contributed by atoms with E-state index < -0.39 is 0 Å². The molecular formula is C20H19N3O2. The van der Waals surface area contributed by atoms with Gasteiger partial charge in [0, 0.05) is 29.9 Å². The van der Waals surface area contributed by atoms with Gasteiger partial charge in [-0.05, 0) is 12.5 Å². The van der Waals surface area contributed by atoms with Gasteiger partial charge in [-0.3, -0.25) is 4.79 Å². The predicted molar refractivity (Wildman–Crippen MR) is 98.6 cm³/mol. The molecule has 0 fully saturated rings. The maximum absolute atomic E-state index is 12.4. The van der Waals surface area contributed by atoms with Gasteiger partial charge in [0.2, 0.25) is 0 Å². The third-order valence-electron chi connectivity index (χ3n) is 3.96. The Bertz CT molecular complexity index is 927. The van der Waals surface area contributed by atoms with E-state index in [2.05, 4.69) is 10.5 Å². The lowest BCUT2D eigenvalue weighted by atomic mass is 10.0. The molecule has 0 unspecified atom stereocenters. The summed E-state index contributed by atoms with van der Waals surface area (Å²) in [5.41, 5.74) is 10.3. The average Bonchev–Trinajstić information content (AvgIpc) is 3.05. The third-order valence-corrected chi connectivity index (χ3v) is 3.96. The summed E-state index contributed by atoms with van der Waals surface area (Å²) in [4.78, 5) is 12.4. The number of benzene rings is 2. The van der Waals surface area contributed by atoms with Crippen LogP contribution in [-0.4, -0.2) is 18.1 Å². The summed E-state index contributed by atoms with van der Waals surface area (Å²) >= 11 is 0. The molecule has 3 aromatic rings. The van der Waals surface area contributed by atoms with Crippen molar-refractivity contribution in [2.75, 3.05) is 7.05 Å². The van der Waals surface area contributed by atoms with Crippen LogP contribution in [-0.2, 0) is 0 Å². The van der Waals surface area contributed by atoms with Crippen LogP contribution in [0.15, 0.2) is 59.1 Å². The molecule has 0 saturated heterocycles. The number of aryl methyl sites for hydroxylation is 1. The molecule has 0 saturated carbocycles. The minimum atomic E-state index is -0.274. The second-order valence-corrected chi connectivity index (χ2v) is 5.63. The van der Waals surface area contributed by atoms with E-state index in [9.17, 15) is 4.79 Å². The van der Waals surface area contributed by atoms with E-state index >= 15 is 0 Å². The molecule has 3 rings (SSSR count). The van der Waals surface area contributed by atoms with Gasteiger partial charge in [0.05, 0.1) is 0 Å². The Hall–Kier alpha value is -3.34. The Kier molecular flexibility index (Phi) is 4.66. The first-order valence-electron chi connectivity index (χ1n) is 7.92. The third kappa shape index (κ3) is 3.30. The van der Waals surface area contributed by atoms with Gasteiger partial charge in [-0.1, -0.05) is 59.8 Å². The second kappa shape index (κ2) is 7.05. The summed E-state index contributed by atoms with van der Waals surface area (Å²) in [6.45, 7) is 1.98. The lowest BCUT2D eigenvalue weighted by molar-refractivity contribution is 0.0963. The first kappa shape index (κ1) is 16.5. The van der Waals surface area contributed by atoms with Crippen molar-refractivity contribution < 1.29 is 9.32 Å². The van der Waals surface area contributed by atoms with Crippen molar-refractivity contribution in [1.82, 2.24) is 10.5 Å². The van der Waals surface area contributed by atoms with Gasteiger partial charge in [-0.25, -0.2) is 0 Å². The molecule has 126 valence electrons. The van der Waals surface area contributed by atoms with Gasteiger partial charge in [0.1, 0.15) is 11.3 Å². The van der Waals surface area contributed by atoms with E-state index in [0.717, 1.165) is 16.7 Å². The number of rotatable bonds is 4. The fourth-order valence-electron chi connectivity index (χ4n) is 2.65. The Morgan fingerprint density at radius 1 is 1.12 bits per heavy atom. The normalized spacial score (nSPS) is 11.4. The summed E-state index contributed by atoms with van der Waals surface area (Å²) in [5.74, 6) is 0.0582. The molecule has 0 atom stereocenters. The van der Waals surface area contributed by atoms with Gasteiger partial charge in [0.15, 0.2) is 5.76 Å². The molecule has 3 N–H and O–H groups in total. The second-order valence-electron chi connectivity index (χ2n) is 5.63. The number of hydrogen-bond donors (Lipinski definition) is 2. The number of hydrogen-bond acceptors (Lipinski definition) is 4. The van der Waals surface area contributed by atoms with E-state index in [1.54, 1.807) is 13.1 Å². The topological polar surface area (TPSA) is 81.2 Å². The zero-order valence-electron chi connectivity index (χ0n) is 14.1. The molecule has 0 radical (unpaired) electrons. The monoisotopic (exact) mass is 333 g/mol. The van der Waals surface area contributed by atoms with Gasteiger partial charge in [0.25, 0.3) is 5.91 Å². The number of carbonyl (C=O) groups excluding carboxylic acids is 1. The summed E-state index contributed by atoms with van der Waals surface area (Å²) in [5, 5.41) is 6.72. The van der Waals surface area contributed by atoms with E-state index in [4.69, 9.17) is 10.3 Å². The zero-order valence-corrected chi connectivity index (χ0v) is 14.1. The lowest BCUT2D eigenvalue weighted by Crippen LogP contribution is -2.19. The van der Waals surface area contributed by atoms with Crippen molar-refractivity contribution in [1.29, 1.82) is 0 Å². The Balaban J connectivity index is 2.11. The molecule has 2 aromatic carbocycles. The number of nitrogens with one attached hydrogen (secondary N) is 1. The maximum atomic E-state index is 12.4. The number of nitrogens with two attached hydrogens (primary N) is 1. The zero-order chi connectivity index (χ0) is 17.8. The number of amides is 1. The van der Waals surface area contributed by atoms with Crippen LogP contribution in [0.2, 0.25) is 0 Å². The minimum Gasteiger partial charge on any atom is -0.398 e. The maximum Gasteiger partial charge on any atom is 0.257 e. The van der Waals surface area contributed by atoms with E-state index in [-0.39, 0.29) is 5.91 Å². The van der Waals surface area contributed by atoms with Crippen molar-refractivity contribution in [3.05, 3.63) is 77.0 Å². The fraction of sp³-hybridized carbons (Fsp3) is 0.100. The molecule has 5 heteroatoms. The Morgan fingerprint density at radius 2 is 1.80 bits per heavy atom. The van der Waals surface area contributed by atoms with Gasteiger partial charge >= 0.3 is 0 Å². The highest BCUT2D eigenvalue weighted by Crippen LogP contribution is 2.28. The van der Waals surface area contributed by atoms with Crippen molar-refractivity contribution in [3.8, 4) is 11.3 Å². The van der Waals surface area contributed by atoms with Crippen molar-refractivity contribution in [2.24, 2.45) is 5.73 Å². The predicted octanol–water partition coefficient (Wildman–Crippen LogP) is 3.47. The molecule has 0 bridgehead atoms. The molecule has 0 aliphatic heterocycles. The SMILES string of the molecule is CNC(=O)c1c(-c2ccccc2)noc1C=C(N)c1ccccc1C. The van der Waals surface area contributed by atoms with E-state index in [0.29, 0.717) is 22.7 Å². The van der Waals surface area contributed by atoms with Crippen molar-refractivity contribution in [3.63, 3.8) is 0 Å². The van der Waals surface area contributed by atoms with Crippen LogP contribution in [0, 0.1) is 6.92 Å². The van der Waals surface area contributed by atoms with Crippen molar-refractivity contribution >= 4 is 17.7 Å². The van der Waals surface area contributed by atoms with E-state index in [1.807, 2.05) is 61.5 Å². The number of carbonyl (C=O) groups is 1. The lowest BCUT2D eigenvalue weighted by Gasteiger charge is -2.05. The molecule has 25 heavy (non-hydrogen) atoms. The van der Waals surface area contributed by atoms with Crippen molar-refractivity contribution in [2.45, 2.75) is 6.92 Å². The van der Waals surface area contributed by atoms with E-state index in [1.165, 1.54) is 0 Å². The van der Waals surface area contributed by atoms with Gasteiger partial charge in [-0.15, -0.1) is 0 Å². The average molecular weight is 333 g/mol. The highest BCUT2D eigenvalue weighted by atomic mass is 16.5. The number of nitrogens with zero attached hydrogens (tertiary/aromatic N) is 1. The molecule has 1 aromatic heterocycles. The van der Waals surface area contributed by atoms with Crippen LogP contribution >= 0.6 is 0 Å². The standard InChI is InChI=1S/C20H19N3O2/c1-13-8-6-7-11-15(13)16(21)12-17-18(20(24)22-2)19(23-25-17)14-9-4-3-5-10-14/h3-12H,21H2,1-2H3,(H,22,24). The molecule has 0 aliphatic rings. The fourth-order valence-corrected chi connectivity index (χ4v) is 2.65. The number of aromatic nitrogens is 1. The van der Waals surface area contributed by atoms with Crippen LogP contribution in [0.25, 0.3) is 23.0 Å². The van der Waals surface area contributed by atoms with Crippen LogP contribution in [0.3, 0.4) is 0 Å². The molecule has 5 nitrogen and oxygen atoms in total. The van der Waals surface area contributed by atoms with Gasteiger partial charge in [-0.2, -0.15) is 0 Å². The minimum absolute atomic E-state index is 0.274.